The van der Waals surface area contributed by atoms with E-state index in [2.05, 4.69) is 4.72 Å². The molecule has 0 spiro atoms. The maximum Gasteiger partial charge on any atom is 0.306 e. The van der Waals surface area contributed by atoms with Crippen LogP contribution in [0.4, 0.5) is 0 Å². The van der Waals surface area contributed by atoms with Crippen LogP contribution >= 0.6 is 0 Å². The molecule has 0 aliphatic rings. The average Bonchev–Trinajstić information content (AvgIpc) is 2.52. The summed E-state index contributed by atoms with van der Waals surface area (Å²) in [5, 5.41) is 0. The third kappa shape index (κ3) is 4.95. The first-order valence-corrected chi connectivity index (χ1v) is 10.1. The molecule has 0 heterocycles. The Morgan fingerprint density at radius 1 is 0.958 bits per heavy atom. The minimum Gasteiger partial charge on any atom is -0.493 e. The molecule has 0 unspecified atom stereocenters. The molecule has 0 amide bonds. The molecule has 0 aromatic heterocycles. The highest BCUT2D eigenvalue weighted by Crippen LogP contribution is 2.30. The van der Waals surface area contributed by atoms with Crippen molar-refractivity contribution >= 4 is 20.1 Å². The molecule has 0 radical (unpaired) electrons. The van der Waals surface area contributed by atoms with Crippen LogP contribution in [-0.2, 0) is 26.7 Å². The molecule has 0 fully saturated rings. The number of ether oxygens (including phenoxy) is 1. The molecule has 1 N–H and O–H groups in total. The van der Waals surface area contributed by atoms with Crippen LogP contribution in [0.15, 0.2) is 53.4 Å². The predicted octanol–water partition coefficient (Wildman–Crippen LogP) is 1.51. The molecule has 2 aromatic rings. The van der Waals surface area contributed by atoms with Crippen LogP contribution in [0.1, 0.15) is 5.56 Å². The fraction of sp³-hybridized carbons (Fsp3) is 0.200. The fourth-order valence-corrected chi connectivity index (χ4v) is 3.40. The van der Waals surface area contributed by atoms with Crippen LogP contribution in [0.3, 0.4) is 0 Å². The molecule has 9 heteroatoms. The molecular weight excluding hydrogens is 354 g/mol. The summed E-state index contributed by atoms with van der Waals surface area (Å²) >= 11 is 0. The minimum absolute atomic E-state index is 0.109. The molecule has 0 aliphatic carbocycles. The average molecular weight is 371 g/mol. The standard InChI is InChI=1S/C15H17NO6S2/c1-21-14-9-8-13(10-15(14)22-23(2,17)18)24(19,20)16-11-12-6-4-3-5-7-12/h3-10,16H,11H2,1-2H3. The highest BCUT2D eigenvalue weighted by atomic mass is 32.2. The largest absolute Gasteiger partial charge is 0.493 e. The molecule has 24 heavy (non-hydrogen) atoms. The number of sulfonamides is 1. The Morgan fingerprint density at radius 2 is 1.62 bits per heavy atom. The Kier molecular flexibility index (Phi) is 5.47. The lowest BCUT2D eigenvalue weighted by Crippen LogP contribution is -2.23. The maximum atomic E-state index is 12.4. The SMILES string of the molecule is COc1ccc(S(=O)(=O)NCc2ccccc2)cc1OS(C)(=O)=O. The van der Waals surface area contributed by atoms with Gasteiger partial charge in [0, 0.05) is 12.6 Å². The van der Waals surface area contributed by atoms with E-state index in [1.165, 1.54) is 19.2 Å². The number of nitrogens with one attached hydrogen (secondary N) is 1. The van der Waals surface area contributed by atoms with Crippen molar-refractivity contribution in [3.05, 3.63) is 54.1 Å². The van der Waals surface area contributed by atoms with Gasteiger partial charge in [-0.05, 0) is 17.7 Å². The number of benzene rings is 2. The van der Waals surface area contributed by atoms with Gasteiger partial charge in [0.1, 0.15) is 0 Å². The van der Waals surface area contributed by atoms with Crippen LogP contribution in [0.2, 0.25) is 0 Å². The number of rotatable bonds is 7. The summed E-state index contributed by atoms with van der Waals surface area (Å²) in [5.41, 5.74) is 0.794. The minimum atomic E-state index is -3.84. The second kappa shape index (κ2) is 7.20. The first-order valence-electron chi connectivity index (χ1n) is 6.82. The van der Waals surface area contributed by atoms with Gasteiger partial charge in [-0.1, -0.05) is 30.3 Å². The Morgan fingerprint density at radius 3 is 2.21 bits per heavy atom. The quantitative estimate of drug-likeness (QED) is 0.741. The van der Waals surface area contributed by atoms with Crippen molar-refractivity contribution in [2.24, 2.45) is 0 Å². The lowest BCUT2D eigenvalue weighted by Gasteiger charge is -2.11. The number of methoxy groups -OCH3 is 1. The predicted molar refractivity (Wildman–Crippen MR) is 88.9 cm³/mol. The van der Waals surface area contributed by atoms with Gasteiger partial charge < -0.3 is 8.92 Å². The normalized spacial score (nSPS) is 11.9. The van der Waals surface area contributed by atoms with Gasteiger partial charge in [-0.2, -0.15) is 8.42 Å². The summed E-state index contributed by atoms with van der Waals surface area (Å²) in [5.74, 6) is -0.0787. The molecule has 0 saturated heterocycles. The monoisotopic (exact) mass is 371 g/mol. The second-order valence-electron chi connectivity index (χ2n) is 4.91. The third-order valence-electron chi connectivity index (χ3n) is 3.00. The molecule has 0 bridgehead atoms. The summed E-state index contributed by atoms with van der Waals surface area (Å²) in [7, 11) is -6.34. The first kappa shape index (κ1) is 18.2. The van der Waals surface area contributed by atoms with Crippen LogP contribution < -0.4 is 13.6 Å². The van der Waals surface area contributed by atoms with Crippen LogP contribution in [0.5, 0.6) is 11.5 Å². The van der Waals surface area contributed by atoms with E-state index in [1.807, 2.05) is 6.07 Å². The summed E-state index contributed by atoms with van der Waals surface area (Å²) < 4.78 is 59.5. The van der Waals surface area contributed by atoms with Crippen LogP contribution in [0, 0.1) is 0 Å². The van der Waals surface area contributed by atoms with E-state index in [0.717, 1.165) is 17.9 Å². The lowest BCUT2D eigenvalue weighted by molar-refractivity contribution is 0.390. The number of hydrogen-bond acceptors (Lipinski definition) is 6. The zero-order chi connectivity index (χ0) is 17.8. The Labute approximate surface area is 141 Å². The van der Waals surface area contributed by atoms with Crippen molar-refractivity contribution in [1.82, 2.24) is 4.72 Å². The molecule has 7 nitrogen and oxygen atoms in total. The van der Waals surface area contributed by atoms with E-state index in [9.17, 15) is 16.8 Å². The van der Waals surface area contributed by atoms with Gasteiger partial charge in [0.15, 0.2) is 11.5 Å². The molecule has 130 valence electrons. The first-order chi connectivity index (χ1) is 11.2. The fourth-order valence-electron chi connectivity index (χ4n) is 1.91. The summed E-state index contributed by atoms with van der Waals surface area (Å²) in [6.07, 6.45) is 0.862. The lowest BCUT2D eigenvalue weighted by atomic mass is 10.2. The van der Waals surface area contributed by atoms with Crippen molar-refractivity contribution in [2.75, 3.05) is 13.4 Å². The molecule has 2 aromatic carbocycles. The van der Waals surface area contributed by atoms with E-state index in [1.54, 1.807) is 24.3 Å². The zero-order valence-corrected chi connectivity index (χ0v) is 14.7. The summed E-state index contributed by atoms with van der Waals surface area (Å²) in [6.45, 7) is 0.109. The van der Waals surface area contributed by atoms with Gasteiger partial charge in [0.05, 0.1) is 18.3 Å². The Hall–Kier alpha value is -2.10. The van der Waals surface area contributed by atoms with Crippen molar-refractivity contribution in [2.45, 2.75) is 11.4 Å². The smallest absolute Gasteiger partial charge is 0.306 e. The van der Waals surface area contributed by atoms with Crippen LogP contribution in [-0.4, -0.2) is 30.2 Å². The molecular formula is C15H17NO6S2. The van der Waals surface area contributed by atoms with Crippen molar-refractivity contribution in [1.29, 1.82) is 0 Å². The van der Waals surface area contributed by atoms with Crippen molar-refractivity contribution in [3.8, 4) is 11.5 Å². The molecule has 0 saturated carbocycles. The number of hydrogen-bond donors (Lipinski definition) is 1. The zero-order valence-electron chi connectivity index (χ0n) is 13.1. The van der Waals surface area contributed by atoms with Gasteiger partial charge in [-0.15, -0.1) is 0 Å². The van der Waals surface area contributed by atoms with Gasteiger partial charge in [0.25, 0.3) is 0 Å². The second-order valence-corrected chi connectivity index (χ2v) is 8.25. The summed E-state index contributed by atoms with van der Waals surface area (Å²) in [6, 6.07) is 12.7. The van der Waals surface area contributed by atoms with E-state index < -0.39 is 20.1 Å². The van der Waals surface area contributed by atoms with Crippen molar-refractivity contribution in [3.63, 3.8) is 0 Å². The van der Waals surface area contributed by atoms with E-state index in [4.69, 9.17) is 8.92 Å². The van der Waals surface area contributed by atoms with Gasteiger partial charge in [0.2, 0.25) is 10.0 Å². The Balaban J connectivity index is 2.28. The molecule has 0 atom stereocenters. The van der Waals surface area contributed by atoms with Gasteiger partial charge in [-0.25, -0.2) is 13.1 Å². The van der Waals surface area contributed by atoms with Crippen LogP contribution in [0.25, 0.3) is 0 Å². The highest BCUT2D eigenvalue weighted by molar-refractivity contribution is 7.89. The molecule has 0 aliphatic heterocycles. The Bertz CT molecular complexity index is 908. The van der Waals surface area contributed by atoms with Gasteiger partial charge in [-0.3, -0.25) is 0 Å². The topological polar surface area (TPSA) is 98.8 Å². The van der Waals surface area contributed by atoms with E-state index in [-0.39, 0.29) is 22.9 Å². The van der Waals surface area contributed by atoms with Crippen molar-refractivity contribution < 1.29 is 25.8 Å². The molecule has 2 rings (SSSR count). The van der Waals surface area contributed by atoms with E-state index >= 15 is 0 Å². The maximum absolute atomic E-state index is 12.4. The van der Waals surface area contributed by atoms with Gasteiger partial charge >= 0.3 is 10.1 Å². The third-order valence-corrected chi connectivity index (χ3v) is 4.88. The highest BCUT2D eigenvalue weighted by Gasteiger charge is 2.19. The van der Waals surface area contributed by atoms with E-state index in [0.29, 0.717) is 0 Å². The summed E-state index contributed by atoms with van der Waals surface area (Å²) in [4.78, 5) is -0.127.